The Morgan fingerprint density at radius 3 is 3.05 bits per heavy atom. The molecule has 1 heterocycles. The van der Waals surface area contributed by atoms with Gasteiger partial charge in [0.05, 0.1) is 25.0 Å². The first-order chi connectivity index (χ1) is 9.60. The molecule has 1 N–H and O–H groups in total. The SMILES string of the molecule is COCCn1cc(NC(=O)c2ccc(F)c(S)c2)cn1. The Balaban J connectivity index is 2.03. The largest absolute Gasteiger partial charge is 0.383 e. The lowest BCUT2D eigenvalue weighted by Gasteiger charge is -2.04. The van der Waals surface area contributed by atoms with Crippen LogP contribution >= 0.6 is 12.6 Å². The Bertz CT molecular complexity index is 615. The summed E-state index contributed by atoms with van der Waals surface area (Å²) in [5.74, 6) is -0.802. The molecule has 0 atom stereocenters. The fourth-order valence-electron chi connectivity index (χ4n) is 1.59. The van der Waals surface area contributed by atoms with Crippen LogP contribution in [0, 0.1) is 5.82 Å². The highest BCUT2D eigenvalue weighted by atomic mass is 32.1. The van der Waals surface area contributed by atoms with Crippen LogP contribution in [0.2, 0.25) is 0 Å². The average Bonchev–Trinajstić information content (AvgIpc) is 2.87. The highest BCUT2D eigenvalue weighted by Crippen LogP contribution is 2.15. The lowest BCUT2D eigenvalue weighted by Crippen LogP contribution is -2.11. The minimum atomic E-state index is -0.461. The molecule has 0 unspecified atom stereocenters. The van der Waals surface area contributed by atoms with Crippen molar-refractivity contribution >= 4 is 24.2 Å². The van der Waals surface area contributed by atoms with Crippen LogP contribution < -0.4 is 5.32 Å². The fourth-order valence-corrected chi connectivity index (χ4v) is 1.81. The quantitative estimate of drug-likeness (QED) is 0.832. The molecule has 1 aromatic carbocycles. The van der Waals surface area contributed by atoms with Gasteiger partial charge in [0.2, 0.25) is 0 Å². The minimum absolute atomic E-state index is 0.133. The summed E-state index contributed by atoms with van der Waals surface area (Å²) in [6.07, 6.45) is 3.24. The lowest BCUT2D eigenvalue weighted by atomic mass is 10.2. The summed E-state index contributed by atoms with van der Waals surface area (Å²) in [6, 6.07) is 3.99. The van der Waals surface area contributed by atoms with Crippen LogP contribution in [0.1, 0.15) is 10.4 Å². The topological polar surface area (TPSA) is 56.1 Å². The van der Waals surface area contributed by atoms with Gasteiger partial charge in [-0.1, -0.05) is 0 Å². The van der Waals surface area contributed by atoms with E-state index in [9.17, 15) is 9.18 Å². The molecule has 0 aliphatic heterocycles. The van der Waals surface area contributed by atoms with Crippen LogP contribution in [0.3, 0.4) is 0 Å². The molecule has 7 heteroatoms. The molecule has 0 bridgehead atoms. The number of benzene rings is 1. The van der Waals surface area contributed by atoms with Gasteiger partial charge in [0, 0.05) is 23.8 Å². The number of carbonyl (C=O) groups is 1. The number of nitrogens with one attached hydrogen (secondary N) is 1. The summed E-state index contributed by atoms with van der Waals surface area (Å²) in [5, 5.41) is 6.76. The number of aromatic nitrogens is 2. The molecule has 0 saturated heterocycles. The monoisotopic (exact) mass is 295 g/mol. The van der Waals surface area contributed by atoms with E-state index in [1.807, 2.05) is 0 Å². The van der Waals surface area contributed by atoms with Gasteiger partial charge in [0.1, 0.15) is 5.82 Å². The van der Waals surface area contributed by atoms with Gasteiger partial charge in [0.25, 0.3) is 5.91 Å². The van der Waals surface area contributed by atoms with Crippen LogP contribution in [0.15, 0.2) is 35.5 Å². The summed E-state index contributed by atoms with van der Waals surface area (Å²) in [4.78, 5) is 12.1. The summed E-state index contributed by atoms with van der Waals surface area (Å²) in [5.41, 5.74) is 0.900. The second kappa shape index (κ2) is 6.53. The molecule has 5 nitrogen and oxygen atoms in total. The Kier molecular flexibility index (Phi) is 4.75. The number of hydrogen-bond donors (Lipinski definition) is 2. The molecule has 106 valence electrons. The predicted octanol–water partition coefficient (Wildman–Crippen LogP) is 2.21. The number of carbonyl (C=O) groups excluding carboxylic acids is 1. The van der Waals surface area contributed by atoms with Crippen molar-refractivity contribution < 1.29 is 13.9 Å². The first kappa shape index (κ1) is 14.5. The van der Waals surface area contributed by atoms with Crippen molar-refractivity contribution in [3.05, 3.63) is 42.0 Å². The van der Waals surface area contributed by atoms with E-state index in [4.69, 9.17) is 4.74 Å². The van der Waals surface area contributed by atoms with E-state index in [1.165, 1.54) is 18.2 Å². The lowest BCUT2D eigenvalue weighted by molar-refractivity contribution is 0.102. The van der Waals surface area contributed by atoms with Crippen LogP contribution in [-0.2, 0) is 11.3 Å². The molecule has 2 aromatic rings. The first-order valence-electron chi connectivity index (χ1n) is 5.91. The molecular weight excluding hydrogens is 281 g/mol. The van der Waals surface area contributed by atoms with E-state index < -0.39 is 5.82 Å². The fraction of sp³-hybridized carbons (Fsp3) is 0.231. The summed E-state index contributed by atoms with van der Waals surface area (Å²) in [6.45, 7) is 1.14. The molecule has 0 fully saturated rings. The average molecular weight is 295 g/mol. The maximum absolute atomic E-state index is 13.1. The number of rotatable bonds is 5. The maximum Gasteiger partial charge on any atom is 0.255 e. The van der Waals surface area contributed by atoms with E-state index in [0.29, 0.717) is 24.4 Å². The number of anilines is 1. The molecule has 0 aliphatic carbocycles. The van der Waals surface area contributed by atoms with E-state index in [0.717, 1.165) is 0 Å². The number of nitrogens with zero attached hydrogens (tertiary/aromatic N) is 2. The Hall–Kier alpha value is -1.86. The number of methoxy groups -OCH3 is 1. The smallest absolute Gasteiger partial charge is 0.255 e. The molecular formula is C13H14FN3O2S. The maximum atomic E-state index is 13.1. The van der Waals surface area contributed by atoms with Crippen molar-refractivity contribution in [1.29, 1.82) is 0 Å². The van der Waals surface area contributed by atoms with Crippen LogP contribution in [0.25, 0.3) is 0 Å². The van der Waals surface area contributed by atoms with Crippen molar-refractivity contribution in [2.45, 2.75) is 11.4 Å². The minimum Gasteiger partial charge on any atom is -0.383 e. The van der Waals surface area contributed by atoms with Crippen molar-refractivity contribution in [1.82, 2.24) is 9.78 Å². The van der Waals surface area contributed by atoms with E-state index in [2.05, 4.69) is 23.0 Å². The van der Waals surface area contributed by atoms with Crippen molar-refractivity contribution in [2.75, 3.05) is 19.0 Å². The highest BCUT2D eigenvalue weighted by Gasteiger charge is 2.09. The number of amides is 1. The van der Waals surface area contributed by atoms with Gasteiger partial charge in [-0.05, 0) is 18.2 Å². The van der Waals surface area contributed by atoms with E-state index in [-0.39, 0.29) is 10.8 Å². The third-order valence-corrected chi connectivity index (χ3v) is 2.97. The summed E-state index contributed by atoms with van der Waals surface area (Å²) in [7, 11) is 1.61. The second-order valence-electron chi connectivity index (χ2n) is 4.11. The molecule has 1 amide bonds. The Morgan fingerprint density at radius 1 is 1.55 bits per heavy atom. The van der Waals surface area contributed by atoms with Crippen molar-refractivity contribution in [2.24, 2.45) is 0 Å². The molecule has 0 aliphatic rings. The van der Waals surface area contributed by atoms with E-state index in [1.54, 1.807) is 24.2 Å². The van der Waals surface area contributed by atoms with Gasteiger partial charge in [-0.25, -0.2) is 4.39 Å². The molecule has 0 saturated carbocycles. The standard InChI is InChI=1S/C13H14FN3O2S/c1-19-5-4-17-8-10(7-15-17)16-13(18)9-2-3-11(14)12(20)6-9/h2-3,6-8,20H,4-5H2,1H3,(H,16,18). The van der Waals surface area contributed by atoms with Crippen LogP contribution in [0.5, 0.6) is 0 Å². The van der Waals surface area contributed by atoms with Crippen LogP contribution in [-0.4, -0.2) is 29.4 Å². The van der Waals surface area contributed by atoms with Crippen molar-refractivity contribution in [3.63, 3.8) is 0 Å². The van der Waals surface area contributed by atoms with Gasteiger partial charge in [0.15, 0.2) is 0 Å². The number of ether oxygens (including phenoxy) is 1. The normalized spacial score (nSPS) is 10.6. The summed E-state index contributed by atoms with van der Waals surface area (Å²) < 4.78 is 19.7. The predicted molar refractivity (Wildman–Crippen MR) is 75.7 cm³/mol. The zero-order valence-electron chi connectivity index (χ0n) is 10.8. The number of halogens is 1. The number of hydrogen-bond acceptors (Lipinski definition) is 4. The zero-order chi connectivity index (χ0) is 14.5. The molecule has 2 rings (SSSR count). The van der Waals surface area contributed by atoms with E-state index >= 15 is 0 Å². The first-order valence-corrected chi connectivity index (χ1v) is 6.36. The van der Waals surface area contributed by atoms with Gasteiger partial charge >= 0.3 is 0 Å². The van der Waals surface area contributed by atoms with Gasteiger partial charge < -0.3 is 10.1 Å². The van der Waals surface area contributed by atoms with Crippen LogP contribution in [0.4, 0.5) is 10.1 Å². The van der Waals surface area contributed by atoms with Gasteiger partial charge in [-0.15, -0.1) is 12.6 Å². The highest BCUT2D eigenvalue weighted by molar-refractivity contribution is 7.80. The third-order valence-electron chi connectivity index (χ3n) is 2.62. The zero-order valence-corrected chi connectivity index (χ0v) is 11.7. The molecule has 1 aromatic heterocycles. The Labute approximate surface area is 121 Å². The third kappa shape index (κ3) is 3.58. The molecule has 0 spiro atoms. The summed E-state index contributed by atoms with van der Waals surface area (Å²) >= 11 is 3.95. The van der Waals surface area contributed by atoms with Gasteiger partial charge in [-0.2, -0.15) is 5.10 Å². The second-order valence-corrected chi connectivity index (χ2v) is 4.59. The molecule has 0 radical (unpaired) electrons. The van der Waals surface area contributed by atoms with Gasteiger partial charge in [-0.3, -0.25) is 9.48 Å². The molecule has 20 heavy (non-hydrogen) atoms. The number of thiol groups is 1. The Morgan fingerprint density at radius 2 is 2.35 bits per heavy atom. The van der Waals surface area contributed by atoms with Crippen molar-refractivity contribution in [3.8, 4) is 0 Å².